The summed E-state index contributed by atoms with van der Waals surface area (Å²) in [4.78, 5) is 11.0. The third-order valence-corrected chi connectivity index (χ3v) is 3.66. The molecular formula is C14H19NO4S. The van der Waals surface area contributed by atoms with Gasteiger partial charge in [0.05, 0.1) is 0 Å². The molecular weight excluding hydrogens is 278 g/mol. The average molecular weight is 297 g/mol. The van der Waals surface area contributed by atoms with E-state index in [1.54, 1.807) is 24.3 Å². The predicted molar refractivity (Wildman–Crippen MR) is 78.4 cm³/mol. The number of hydrogen-bond acceptors (Lipinski definition) is 3. The highest BCUT2D eigenvalue weighted by Gasteiger charge is 2.23. The van der Waals surface area contributed by atoms with Crippen LogP contribution in [0.15, 0.2) is 35.7 Å². The molecule has 0 spiro atoms. The van der Waals surface area contributed by atoms with Gasteiger partial charge in [0.1, 0.15) is 6.04 Å². The summed E-state index contributed by atoms with van der Waals surface area (Å²) in [6, 6.07) is 7.81. The predicted octanol–water partition coefficient (Wildman–Crippen LogP) is 2.08. The van der Waals surface area contributed by atoms with Gasteiger partial charge in [0.2, 0.25) is 10.0 Å². The van der Waals surface area contributed by atoms with Gasteiger partial charge in [-0.2, -0.15) is 4.72 Å². The van der Waals surface area contributed by atoms with Gasteiger partial charge in [-0.1, -0.05) is 44.2 Å². The van der Waals surface area contributed by atoms with E-state index in [-0.39, 0.29) is 12.3 Å². The molecule has 0 heterocycles. The minimum absolute atomic E-state index is 0.0805. The lowest BCUT2D eigenvalue weighted by molar-refractivity contribution is -0.139. The zero-order chi connectivity index (χ0) is 15.2. The van der Waals surface area contributed by atoms with Crippen LogP contribution in [0.3, 0.4) is 0 Å². The summed E-state index contributed by atoms with van der Waals surface area (Å²) in [7, 11) is -3.78. The summed E-state index contributed by atoms with van der Waals surface area (Å²) in [6.07, 6.45) is 1.67. The summed E-state index contributed by atoms with van der Waals surface area (Å²) in [6.45, 7) is 3.67. The fourth-order valence-electron chi connectivity index (χ4n) is 1.64. The molecule has 1 aromatic rings. The van der Waals surface area contributed by atoms with Crippen LogP contribution in [0.2, 0.25) is 0 Å². The molecule has 1 aromatic carbocycles. The molecule has 0 aliphatic rings. The number of carboxylic acids is 1. The van der Waals surface area contributed by atoms with Crippen LogP contribution in [0.4, 0.5) is 0 Å². The molecule has 20 heavy (non-hydrogen) atoms. The van der Waals surface area contributed by atoms with E-state index in [1.807, 2.05) is 19.9 Å². The van der Waals surface area contributed by atoms with Crippen molar-refractivity contribution in [3.8, 4) is 0 Å². The van der Waals surface area contributed by atoms with E-state index in [2.05, 4.69) is 4.72 Å². The van der Waals surface area contributed by atoms with Crippen molar-refractivity contribution < 1.29 is 18.3 Å². The Hall–Kier alpha value is -1.66. The zero-order valence-electron chi connectivity index (χ0n) is 11.5. The third-order valence-electron chi connectivity index (χ3n) is 2.55. The molecule has 1 unspecified atom stereocenters. The number of carbonyl (C=O) groups is 1. The van der Waals surface area contributed by atoms with Crippen LogP contribution < -0.4 is 4.72 Å². The van der Waals surface area contributed by atoms with Gasteiger partial charge in [-0.25, -0.2) is 8.42 Å². The van der Waals surface area contributed by atoms with Gasteiger partial charge in [0.15, 0.2) is 0 Å². The van der Waals surface area contributed by atoms with Crippen molar-refractivity contribution in [2.24, 2.45) is 5.92 Å². The Balaban J connectivity index is 2.78. The van der Waals surface area contributed by atoms with Gasteiger partial charge in [-0.3, -0.25) is 4.79 Å². The molecule has 2 N–H and O–H groups in total. The second kappa shape index (κ2) is 7.21. The number of hydrogen-bond donors (Lipinski definition) is 2. The first-order valence-corrected chi connectivity index (χ1v) is 7.83. The van der Waals surface area contributed by atoms with Crippen molar-refractivity contribution in [3.63, 3.8) is 0 Å². The van der Waals surface area contributed by atoms with Crippen LogP contribution in [0, 0.1) is 5.92 Å². The summed E-state index contributed by atoms with van der Waals surface area (Å²) < 4.78 is 25.9. The maximum absolute atomic E-state index is 11.8. The molecule has 0 bridgehead atoms. The first kappa shape index (κ1) is 16.4. The Morgan fingerprint density at radius 3 is 2.40 bits per heavy atom. The number of sulfonamides is 1. The second-order valence-corrected chi connectivity index (χ2v) is 6.49. The third kappa shape index (κ3) is 5.99. The highest BCUT2D eigenvalue weighted by molar-refractivity contribution is 7.92. The molecule has 0 aliphatic carbocycles. The van der Waals surface area contributed by atoms with Crippen LogP contribution in [0.1, 0.15) is 25.8 Å². The van der Waals surface area contributed by atoms with Crippen molar-refractivity contribution >= 4 is 22.1 Å². The molecule has 1 atom stereocenters. The molecule has 0 aliphatic heterocycles. The van der Waals surface area contributed by atoms with Crippen molar-refractivity contribution in [1.82, 2.24) is 4.72 Å². The largest absolute Gasteiger partial charge is 0.480 e. The minimum atomic E-state index is -3.78. The number of rotatable bonds is 7. The quantitative estimate of drug-likeness (QED) is 0.807. The first-order valence-electron chi connectivity index (χ1n) is 6.28. The van der Waals surface area contributed by atoms with E-state index in [1.165, 1.54) is 6.08 Å². The van der Waals surface area contributed by atoms with Crippen LogP contribution in [-0.2, 0) is 14.8 Å². The lowest BCUT2D eigenvalue weighted by atomic mass is 10.1. The van der Waals surface area contributed by atoms with E-state index >= 15 is 0 Å². The SMILES string of the molecule is CC(C)CC(NS(=O)(=O)C=Cc1ccccc1)C(=O)O. The highest BCUT2D eigenvalue weighted by atomic mass is 32.2. The lowest BCUT2D eigenvalue weighted by Gasteiger charge is -2.15. The minimum Gasteiger partial charge on any atom is -0.480 e. The molecule has 0 aromatic heterocycles. The fraction of sp³-hybridized carbons (Fsp3) is 0.357. The molecule has 0 radical (unpaired) electrons. The van der Waals surface area contributed by atoms with E-state index in [0.29, 0.717) is 0 Å². The summed E-state index contributed by atoms with van der Waals surface area (Å²) in [5.41, 5.74) is 0.730. The van der Waals surface area contributed by atoms with Gasteiger partial charge in [-0.05, 0) is 24.0 Å². The Morgan fingerprint density at radius 1 is 1.30 bits per heavy atom. The average Bonchev–Trinajstić information content (AvgIpc) is 2.36. The van der Waals surface area contributed by atoms with Crippen molar-refractivity contribution in [2.75, 3.05) is 0 Å². The highest BCUT2D eigenvalue weighted by Crippen LogP contribution is 2.08. The van der Waals surface area contributed by atoms with Gasteiger partial charge in [0.25, 0.3) is 0 Å². The lowest BCUT2D eigenvalue weighted by Crippen LogP contribution is -2.40. The number of carboxylic acid groups (broad SMARTS) is 1. The van der Waals surface area contributed by atoms with Crippen molar-refractivity contribution in [3.05, 3.63) is 41.3 Å². The van der Waals surface area contributed by atoms with Gasteiger partial charge in [-0.15, -0.1) is 0 Å². The smallest absolute Gasteiger partial charge is 0.321 e. The molecule has 0 amide bonds. The maximum atomic E-state index is 11.8. The summed E-state index contributed by atoms with van der Waals surface area (Å²) in [5.74, 6) is -1.09. The van der Waals surface area contributed by atoms with Gasteiger partial charge < -0.3 is 5.11 Å². The number of benzene rings is 1. The molecule has 0 fully saturated rings. The Bertz CT molecular complexity index is 564. The second-order valence-electron chi connectivity index (χ2n) is 4.90. The Kier molecular flexibility index (Phi) is 5.91. The number of aliphatic carboxylic acids is 1. The topological polar surface area (TPSA) is 83.5 Å². The van der Waals surface area contributed by atoms with Crippen molar-refractivity contribution in [2.45, 2.75) is 26.3 Å². The van der Waals surface area contributed by atoms with Crippen molar-refractivity contribution in [1.29, 1.82) is 0 Å². The monoisotopic (exact) mass is 297 g/mol. The standard InChI is InChI=1S/C14H19NO4S/c1-11(2)10-13(14(16)17)15-20(18,19)9-8-12-6-4-3-5-7-12/h3-9,11,13,15H,10H2,1-2H3,(H,16,17). The van der Waals surface area contributed by atoms with E-state index in [9.17, 15) is 13.2 Å². The van der Waals surface area contributed by atoms with Crippen LogP contribution in [-0.4, -0.2) is 25.5 Å². The Labute approximate surface area is 119 Å². The fourth-order valence-corrected chi connectivity index (χ4v) is 2.65. The zero-order valence-corrected chi connectivity index (χ0v) is 12.3. The van der Waals surface area contributed by atoms with E-state index in [4.69, 9.17) is 5.11 Å². The molecule has 1 rings (SSSR count). The molecule has 110 valence electrons. The maximum Gasteiger partial charge on any atom is 0.321 e. The summed E-state index contributed by atoms with van der Waals surface area (Å²) >= 11 is 0. The molecule has 6 heteroatoms. The van der Waals surface area contributed by atoms with Crippen LogP contribution in [0.5, 0.6) is 0 Å². The van der Waals surface area contributed by atoms with Gasteiger partial charge >= 0.3 is 5.97 Å². The first-order chi connectivity index (χ1) is 9.30. The normalized spacial score (nSPS) is 13.8. The van der Waals surface area contributed by atoms with E-state index < -0.39 is 22.0 Å². The summed E-state index contributed by atoms with van der Waals surface area (Å²) in [5, 5.41) is 10.0. The molecule has 0 saturated carbocycles. The van der Waals surface area contributed by atoms with Crippen LogP contribution in [0.25, 0.3) is 6.08 Å². The molecule has 0 saturated heterocycles. The van der Waals surface area contributed by atoms with E-state index in [0.717, 1.165) is 11.0 Å². The Morgan fingerprint density at radius 2 is 1.90 bits per heavy atom. The molecule has 5 nitrogen and oxygen atoms in total. The van der Waals surface area contributed by atoms with Gasteiger partial charge in [0, 0.05) is 5.41 Å². The number of nitrogens with one attached hydrogen (secondary N) is 1. The van der Waals surface area contributed by atoms with Crippen LogP contribution >= 0.6 is 0 Å².